The van der Waals surface area contributed by atoms with Crippen molar-refractivity contribution in [2.45, 2.75) is 59.7 Å². The average Bonchev–Trinajstić information content (AvgIpc) is 2.66. The van der Waals surface area contributed by atoms with Crippen molar-refractivity contribution in [1.82, 2.24) is 9.80 Å². The molecular weight excluding hydrogens is 198 g/mol. The van der Waals surface area contributed by atoms with E-state index in [2.05, 4.69) is 37.7 Å². The van der Waals surface area contributed by atoms with Crippen LogP contribution in [0.5, 0.6) is 0 Å². The maximum atomic E-state index is 6.02. The van der Waals surface area contributed by atoms with Gasteiger partial charge in [0.05, 0.1) is 0 Å². The molecule has 0 amide bonds. The van der Waals surface area contributed by atoms with Gasteiger partial charge in [-0.3, -0.25) is 4.90 Å². The molecule has 1 heterocycles. The standard InChI is InChI=1S/C9H21N3.2C2H6.H2/c1-7(2)12-5-8(10)9(6-12)11(3)4;2*1-2;/h7-9H,5-6,10H2,1-4H3;2*1-2H3;1H. The van der Waals surface area contributed by atoms with E-state index in [1.54, 1.807) is 0 Å². The lowest BCUT2D eigenvalue weighted by Gasteiger charge is -2.23. The van der Waals surface area contributed by atoms with Gasteiger partial charge in [0.2, 0.25) is 0 Å². The molecule has 0 spiro atoms. The SMILES string of the molecule is CC.CC.CC(C)N1CC(N)C(N(C)C)C1.[HH]. The highest BCUT2D eigenvalue weighted by molar-refractivity contribution is 4.92. The summed E-state index contributed by atoms with van der Waals surface area (Å²) in [5, 5.41) is 0. The minimum atomic E-state index is 0. The highest BCUT2D eigenvalue weighted by Gasteiger charge is 2.32. The Hall–Kier alpha value is -0.120. The molecule has 0 aromatic heterocycles. The molecule has 1 saturated heterocycles. The molecule has 0 aliphatic carbocycles. The van der Waals surface area contributed by atoms with Crippen LogP contribution in [-0.4, -0.2) is 55.1 Å². The second kappa shape index (κ2) is 10.1. The molecule has 0 bridgehead atoms. The fraction of sp³-hybridized carbons (Fsp3) is 1.00. The summed E-state index contributed by atoms with van der Waals surface area (Å²) in [4.78, 5) is 4.67. The smallest absolute Gasteiger partial charge is 0.0380 e. The summed E-state index contributed by atoms with van der Waals surface area (Å²) >= 11 is 0. The number of hydrogen-bond donors (Lipinski definition) is 1. The quantitative estimate of drug-likeness (QED) is 0.794. The third-order valence-electron chi connectivity index (χ3n) is 2.75. The summed E-state index contributed by atoms with van der Waals surface area (Å²) in [6.07, 6.45) is 0. The van der Waals surface area contributed by atoms with Crippen molar-refractivity contribution in [1.29, 1.82) is 0 Å². The highest BCUT2D eigenvalue weighted by Crippen LogP contribution is 2.14. The van der Waals surface area contributed by atoms with Gasteiger partial charge in [-0.2, -0.15) is 0 Å². The van der Waals surface area contributed by atoms with Gasteiger partial charge >= 0.3 is 0 Å². The van der Waals surface area contributed by atoms with Crippen molar-refractivity contribution < 1.29 is 1.43 Å². The summed E-state index contributed by atoms with van der Waals surface area (Å²) in [5.41, 5.74) is 6.02. The first kappa shape index (κ1) is 18.3. The maximum absolute atomic E-state index is 6.02. The molecule has 2 unspecified atom stereocenters. The monoisotopic (exact) mass is 233 g/mol. The second-order valence-corrected chi connectivity index (χ2v) is 4.24. The Kier molecular flexibility index (Phi) is 11.5. The van der Waals surface area contributed by atoms with Gasteiger partial charge in [-0.05, 0) is 27.9 Å². The molecule has 2 N–H and O–H groups in total. The van der Waals surface area contributed by atoms with Gasteiger partial charge in [0.15, 0.2) is 0 Å². The van der Waals surface area contributed by atoms with E-state index in [1.165, 1.54) is 0 Å². The third-order valence-corrected chi connectivity index (χ3v) is 2.75. The van der Waals surface area contributed by atoms with Crippen LogP contribution in [0.1, 0.15) is 43.0 Å². The van der Waals surface area contributed by atoms with E-state index in [9.17, 15) is 0 Å². The fourth-order valence-corrected chi connectivity index (χ4v) is 1.81. The van der Waals surface area contributed by atoms with Gasteiger partial charge in [-0.25, -0.2) is 0 Å². The molecule has 0 saturated carbocycles. The molecule has 1 fully saturated rings. The maximum Gasteiger partial charge on any atom is 0.0380 e. The van der Waals surface area contributed by atoms with E-state index in [0.29, 0.717) is 18.1 Å². The molecule has 3 nitrogen and oxygen atoms in total. The Balaban J connectivity index is -0.000000355. The molecule has 0 radical (unpaired) electrons. The van der Waals surface area contributed by atoms with Crippen molar-refractivity contribution in [3.8, 4) is 0 Å². The minimum absolute atomic E-state index is 0. The molecule has 3 heteroatoms. The Bertz CT molecular complexity index is 152. The number of likely N-dealkylation sites (N-methyl/N-ethyl adjacent to an activating group) is 1. The molecule has 2 atom stereocenters. The van der Waals surface area contributed by atoms with E-state index < -0.39 is 0 Å². The van der Waals surface area contributed by atoms with Crippen LogP contribution in [0.15, 0.2) is 0 Å². The summed E-state index contributed by atoms with van der Waals surface area (Å²) in [7, 11) is 4.21. The molecule has 1 rings (SSSR count). The Morgan fingerprint density at radius 1 is 1.12 bits per heavy atom. The van der Waals surface area contributed by atoms with Crippen molar-refractivity contribution in [2.24, 2.45) is 5.73 Å². The molecule has 1 aliphatic heterocycles. The summed E-state index contributed by atoms with van der Waals surface area (Å²) in [6.45, 7) is 14.6. The number of nitrogens with two attached hydrogens (primary N) is 1. The predicted molar refractivity (Wildman–Crippen MR) is 77.0 cm³/mol. The minimum Gasteiger partial charge on any atom is -0.325 e. The van der Waals surface area contributed by atoms with Gasteiger partial charge in [-0.1, -0.05) is 27.7 Å². The van der Waals surface area contributed by atoms with Crippen LogP contribution >= 0.6 is 0 Å². The van der Waals surface area contributed by atoms with Crippen LogP contribution in [0.25, 0.3) is 0 Å². The van der Waals surface area contributed by atoms with Crippen LogP contribution in [-0.2, 0) is 0 Å². The number of hydrogen-bond acceptors (Lipinski definition) is 3. The average molecular weight is 233 g/mol. The van der Waals surface area contributed by atoms with Gasteiger partial charge in [0, 0.05) is 32.6 Å². The van der Waals surface area contributed by atoms with E-state index in [4.69, 9.17) is 5.73 Å². The third kappa shape index (κ3) is 5.83. The van der Waals surface area contributed by atoms with E-state index >= 15 is 0 Å². The zero-order valence-electron chi connectivity index (χ0n) is 12.6. The Morgan fingerprint density at radius 3 is 1.75 bits per heavy atom. The van der Waals surface area contributed by atoms with Crippen molar-refractivity contribution in [3.63, 3.8) is 0 Å². The van der Waals surface area contributed by atoms with E-state index in [0.717, 1.165) is 13.1 Å². The lowest BCUT2D eigenvalue weighted by molar-refractivity contribution is 0.236. The zero-order valence-corrected chi connectivity index (χ0v) is 12.6. The second-order valence-electron chi connectivity index (χ2n) is 4.24. The molecular formula is C13H35N3. The van der Waals surface area contributed by atoms with Crippen molar-refractivity contribution >= 4 is 0 Å². The lowest BCUT2D eigenvalue weighted by Crippen LogP contribution is -2.43. The zero-order chi connectivity index (χ0) is 13.3. The first-order chi connectivity index (χ1) is 7.52. The summed E-state index contributed by atoms with van der Waals surface area (Å²) in [6, 6.07) is 1.48. The number of likely N-dealkylation sites (tertiary alicyclic amines) is 1. The summed E-state index contributed by atoms with van der Waals surface area (Å²) in [5.74, 6) is 0. The van der Waals surface area contributed by atoms with E-state index in [-0.39, 0.29) is 1.43 Å². The summed E-state index contributed by atoms with van der Waals surface area (Å²) < 4.78 is 0. The lowest BCUT2D eigenvalue weighted by atomic mass is 10.2. The van der Waals surface area contributed by atoms with Gasteiger partial charge < -0.3 is 10.6 Å². The van der Waals surface area contributed by atoms with Gasteiger partial charge in [-0.15, -0.1) is 0 Å². The Labute approximate surface area is 104 Å². The highest BCUT2D eigenvalue weighted by atomic mass is 15.3. The molecule has 16 heavy (non-hydrogen) atoms. The largest absolute Gasteiger partial charge is 0.325 e. The van der Waals surface area contributed by atoms with Crippen LogP contribution in [0.3, 0.4) is 0 Å². The van der Waals surface area contributed by atoms with E-state index in [1.807, 2.05) is 27.7 Å². The normalized spacial score (nSPS) is 24.9. The molecule has 1 aliphatic rings. The van der Waals surface area contributed by atoms with Crippen LogP contribution < -0.4 is 5.73 Å². The number of rotatable bonds is 2. The first-order valence-electron chi connectivity index (χ1n) is 6.68. The van der Waals surface area contributed by atoms with Crippen LogP contribution in [0, 0.1) is 0 Å². The fourth-order valence-electron chi connectivity index (χ4n) is 1.81. The van der Waals surface area contributed by atoms with Crippen LogP contribution in [0.4, 0.5) is 0 Å². The predicted octanol–water partition coefficient (Wildman–Crippen LogP) is 2.27. The molecule has 0 aromatic rings. The topological polar surface area (TPSA) is 32.5 Å². The van der Waals surface area contributed by atoms with Gasteiger partial charge in [0.1, 0.15) is 0 Å². The van der Waals surface area contributed by atoms with Gasteiger partial charge in [0.25, 0.3) is 0 Å². The number of nitrogens with zero attached hydrogens (tertiary/aromatic N) is 2. The molecule has 0 aromatic carbocycles. The van der Waals surface area contributed by atoms with Crippen molar-refractivity contribution in [3.05, 3.63) is 0 Å². The van der Waals surface area contributed by atoms with Crippen molar-refractivity contribution in [2.75, 3.05) is 27.2 Å². The Morgan fingerprint density at radius 2 is 1.56 bits per heavy atom. The molecule has 102 valence electrons. The first-order valence-corrected chi connectivity index (χ1v) is 6.68. The van der Waals surface area contributed by atoms with Crippen LogP contribution in [0.2, 0.25) is 0 Å².